The number of rotatable bonds is 49. The van der Waals surface area contributed by atoms with Gasteiger partial charge in [0.05, 0.1) is 18.8 Å². The van der Waals surface area contributed by atoms with Gasteiger partial charge in [0.1, 0.15) is 0 Å². The third-order valence-electron chi connectivity index (χ3n) is 12.4. The number of nitrogens with one attached hydrogen (secondary N) is 1. The van der Waals surface area contributed by atoms with Crippen LogP contribution in [0.25, 0.3) is 0 Å². The van der Waals surface area contributed by atoms with E-state index in [2.05, 4.69) is 31.3 Å². The number of carbonyl (C=O) groups excluding carboxylic acids is 1. The second-order valence-corrected chi connectivity index (χ2v) is 18.3. The Bertz CT molecular complexity index is 840. The Morgan fingerprint density at radius 1 is 0.397 bits per heavy atom. The molecule has 0 radical (unpaired) electrons. The van der Waals surface area contributed by atoms with E-state index < -0.39 is 12.1 Å². The SMILES string of the molecule is CCCCCCCCCCCCCCCCCCCCCCCC/C=C/CC/C=C/C(O)C(CO)NC(=O)CCCCCCCCCCCCCCCCCCCC. The average Bonchev–Trinajstić information content (AvgIpc) is 3.23. The van der Waals surface area contributed by atoms with Crippen molar-refractivity contribution in [3.63, 3.8) is 0 Å². The molecule has 58 heavy (non-hydrogen) atoms. The van der Waals surface area contributed by atoms with Crippen molar-refractivity contribution in [2.24, 2.45) is 0 Å². The lowest BCUT2D eigenvalue weighted by Gasteiger charge is -2.19. The van der Waals surface area contributed by atoms with E-state index in [1.165, 1.54) is 244 Å². The largest absolute Gasteiger partial charge is 0.394 e. The summed E-state index contributed by atoms with van der Waals surface area (Å²) in [5.74, 6) is -0.0682. The monoisotopic (exact) mass is 816 g/mol. The van der Waals surface area contributed by atoms with Crippen molar-refractivity contribution < 1.29 is 15.0 Å². The number of hydrogen-bond acceptors (Lipinski definition) is 3. The molecule has 0 heterocycles. The van der Waals surface area contributed by atoms with Gasteiger partial charge >= 0.3 is 0 Å². The smallest absolute Gasteiger partial charge is 0.220 e. The van der Waals surface area contributed by atoms with Crippen LogP contribution in [0, 0.1) is 0 Å². The van der Waals surface area contributed by atoms with Gasteiger partial charge in [0.15, 0.2) is 0 Å². The van der Waals surface area contributed by atoms with Gasteiger partial charge in [-0.3, -0.25) is 4.79 Å². The van der Waals surface area contributed by atoms with Gasteiger partial charge in [-0.25, -0.2) is 0 Å². The van der Waals surface area contributed by atoms with Gasteiger partial charge in [0.25, 0.3) is 0 Å². The molecule has 0 fully saturated rings. The maximum atomic E-state index is 12.4. The molecular formula is C54H105NO3. The highest BCUT2D eigenvalue weighted by Gasteiger charge is 2.18. The Labute approximate surface area is 364 Å². The van der Waals surface area contributed by atoms with Crippen LogP contribution < -0.4 is 5.32 Å². The highest BCUT2D eigenvalue weighted by molar-refractivity contribution is 5.76. The lowest BCUT2D eigenvalue weighted by Crippen LogP contribution is -2.45. The minimum atomic E-state index is -0.859. The van der Waals surface area contributed by atoms with Crippen LogP contribution in [0.1, 0.15) is 296 Å². The van der Waals surface area contributed by atoms with Crippen molar-refractivity contribution in [1.29, 1.82) is 0 Å². The van der Waals surface area contributed by atoms with Gasteiger partial charge in [-0.1, -0.05) is 282 Å². The van der Waals surface area contributed by atoms with E-state index in [0.717, 1.165) is 32.1 Å². The molecule has 0 aromatic rings. The van der Waals surface area contributed by atoms with Gasteiger partial charge < -0.3 is 15.5 Å². The number of carbonyl (C=O) groups is 1. The van der Waals surface area contributed by atoms with E-state index in [-0.39, 0.29) is 12.5 Å². The van der Waals surface area contributed by atoms with Crippen molar-refractivity contribution in [2.45, 2.75) is 309 Å². The van der Waals surface area contributed by atoms with Crippen molar-refractivity contribution in [1.82, 2.24) is 5.32 Å². The zero-order chi connectivity index (χ0) is 42.1. The molecule has 0 spiro atoms. The third kappa shape index (κ3) is 45.9. The predicted octanol–water partition coefficient (Wildman–Crippen LogP) is 17.1. The lowest BCUT2D eigenvalue weighted by atomic mass is 10.0. The summed E-state index contributed by atoms with van der Waals surface area (Å²) in [5, 5.41) is 23.1. The van der Waals surface area contributed by atoms with E-state index in [9.17, 15) is 15.0 Å². The molecule has 0 bridgehead atoms. The fourth-order valence-corrected chi connectivity index (χ4v) is 8.37. The number of aliphatic hydroxyl groups is 2. The molecule has 0 saturated heterocycles. The van der Waals surface area contributed by atoms with Crippen molar-refractivity contribution in [3.8, 4) is 0 Å². The highest BCUT2D eigenvalue weighted by Crippen LogP contribution is 2.17. The van der Waals surface area contributed by atoms with E-state index >= 15 is 0 Å². The summed E-state index contributed by atoms with van der Waals surface area (Å²) in [6.07, 6.45) is 66.2. The van der Waals surface area contributed by atoms with Crippen LogP contribution in [-0.2, 0) is 4.79 Å². The number of unbranched alkanes of at least 4 members (excludes halogenated alkanes) is 40. The number of allylic oxidation sites excluding steroid dienone is 3. The number of amides is 1. The molecule has 344 valence electrons. The van der Waals surface area contributed by atoms with Crippen LogP contribution >= 0.6 is 0 Å². The van der Waals surface area contributed by atoms with Crippen LogP contribution in [-0.4, -0.2) is 34.9 Å². The molecule has 0 aromatic heterocycles. The Kier molecular flexibility index (Phi) is 49.2. The fraction of sp³-hybridized carbons (Fsp3) is 0.907. The van der Waals surface area contributed by atoms with Gasteiger partial charge in [-0.2, -0.15) is 0 Å². The van der Waals surface area contributed by atoms with E-state index in [4.69, 9.17) is 0 Å². The molecule has 0 rings (SSSR count). The number of hydrogen-bond donors (Lipinski definition) is 3. The van der Waals surface area contributed by atoms with Crippen molar-refractivity contribution in [3.05, 3.63) is 24.3 Å². The standard InChI is InChI=1S/C54H105NO3/c1-3-5-7-9-11-13-15-17-19-21-23-24-25-26-27-28-29-30-31-32-33-35-37-39-41-43-45-47-49-53(57)52(51-56)55-54(58)50-48-46-44-42-40-38-36-34-22-20-18-16-14-12-10-8-6-4-2/h39,41,47,49,52-53,56-57H,3-38,40,42-46,48,50-51H2,1-2H3,(H,55,58)/b41-39+,49-47+. The van der Waals surface area contributed by atoms with Crippen LogP contribution in [0.4, 0.5) is 0 Å². The zero-order valence-corrected chi connectivity index (χ0v) is 39.6. The predicted molar refractivity (Wildman–Crippen MR) is 258 cm³/mol. The summed E-state index contributed by atoms with van der Waals surface area (Å²) in [6.45, 7) is 4.33. The van der Waals surface area contributed by atoms with E-state index in [0.29, 0.717) is 6.42 Å². The quantitative estimate of drug-likeness (QED) is 0.0423. The second-order valence-electron chi connectivity index (χ2n) is 18.3. The molecule has 0 aliphatic carbocycles. The summed E-state index contributed by atoms with van der Waals surface area (Å²) >= 11 is 0. The minimum Gasteiger partial charge on any atom is -0.394 e. The molecular weight excluding hydrogens is 711 g/mol. The van der Waals surface area contributed by atoms with Crippen LogP contribution in [0.2, 0.25) is 0 Å². The number of aliphatic hydroxyl groups excluding tert-OH is 2. The minimum absolute atomic E-state index is 0.0682. The molecule has 0 saturated carbocycles. The molecule has 4 heteroatoms. The average molecular weight is 816 g/mol. The summed E-state index contributed by atoms with van der Waals surface area (Å²) in [4.78, 5) is 12.4. The van der Waals surface area contributed by atoms with Gasteiger partial charge in [0.2, 0.25) is 5.91 Å². The van der Waals surface area contributed by atoms with Gasteiger partial charge in [-0.05, 0) is 32.1 Å². The summed E-state index contributed by atoms with van der Waals surface area (Å²) in [6, 6.07) is -0.635. The normalized spacial score (nSPS) is 13.0. The van der Waals surface area contributed by atoms with E-state index in [1.54, 1.807) is 6.08 Å². The van der Waals surface area contributed by atoms with Crippen LogP contribution in [0.15, 0.2) is 24.3 Å². The van der Waals surface area contributed by atoms with Crippen molar-refractivity contribution in [2.75, 3.05) is 6.61 Å². The van der Waals surface area contributed by atoms with Crippen molar-refractivity contribution >= 4 is 5.91 Å². The maximum Gasteiger partial charge on any atom is 0.220 e. The summed E-state index contributed by atoms with van der Waals surface area (Å²) < 4.78 is 0. The Hall–Kier alpha value is -1.13. The molecule has 2 unspecified atom stereocenters. The second kappa shape index (κ2) is 50.2. The first-order valence-electron chi connectivity index (χ1n) is 26.6. The lowest BCUT2D eigenvalue weighted by molar-refractivity contribution is -0.123. The highest BCUT2D eigenvalue weighted by atomic mass is 16.3. The molecule has 4 nitrogen and oxygen atoms in total. The molecule has 0 aliphatic heterocycles. The first-order valence-corrected chi connectivity index (χ1v) is 26.6. The first kappa shape index (κ1) is 56.9. The maximum absolute atomic E-state index is 12.4. The molecule has 0 aliphatic rings. The molecule has 2 atom stereocenters. The topological polar surface area (TPSA) is 69.6 Å². The molecule has 0 aromatic carbocycles. The van der Waals surface area contributed by atoms with Gasteiger partial charge in [0, 0.05) is 6.42 Å². The Morgan fingerprint density at radius 2 is 0.672 bits per heavy atom. The summed E-state index contributed by atoms with van der Waals surface area (Å²) in [7, 11) is 0. The fourth-order valence-electron chi connectivity index (χ4n) is 8.37. The van der Waals surface area contributed by atoms with E-state index in [1.807, 2.05) is 6.08 Å². The first-order chi connectivity index (χ1) is 28.7. The Balaban J connectivity index is 3.50. The third-order valence-corrected chi connectivity index (χ3v) is 12.4. The zero-order valence-electron chi connectivity index (χ0n) is 39.6. The molecule has 3 N–H and O–H groups in total. The van der Waals surface area contributed by atoms with Crippen LogP contribution in [0.5, 0.6) is 0 Å². The molecule has 1 amide bonds. The summed E-state index contributed by atoms with van der Waals surface area (Å²) in [5.41, 5.74) is 0. The van der Waals surface area contributed by atoms with Crippen LogP contribution in [0.3, 0.4) is 0 Å². The van der Waals surface area contributed by atoms with Gasteiger partial charge in [-0.15, -0.1) is 0 Å². The Morgan fingerprint density at radius 3 is 1.00 bits per heavy atom.